The molecular weight excluding hydrogens is 391 g/mol. The number of aromatic nitrogens is 1. The molecule has 1 saturated heterocycles. The van der Waals surface area contributed by atoms with E-state index in [-0.39, 0.29) is 5.02 Å². The second-order valence-electron chi connectivity index (χ2n) is 7.13. The Morgan fingerprint density at radius 3 is 2.66 bits per heavy atom. The van der Waals surface area contributed by atoms with Crippen LogP contribution in [0, 0.1) is 17.1 Å². The molecule has 29 heavy (non-hydrogen) atoms. The van der Waals surface area contributed by atoms with Crippen molar-refractivity contribution >= 4 is 45.3 Å². The molecule has 0 saturated carbocycles. The maximum atomic E-state index is 13.5. The van der Waals surface area contributed by atoms with E-state index in [1.54, 1.807) is 6.07 Å². The fourth-order valence-electron chi connectivity index (χ4n) is 3.50. The van der Waals surface area contributed by atoms with Gasteiger partial charge in [0, 0.05) is 43.4 Å². The minimum absolute atomic E-state index is 0.00346. The predicted octanol–water partition coefficient (Wildman–Crippen LogP) is 3.98. The van der Waals surface area contributed by atoms with Gasteiger partial charge in [-0.05, 0) is 37.4 Å². The molecule has 0 atom stereocenters. The first-order chi connectivity index (χ1) is 14.0. The third-order valence-corrected chi connectivity index (χ3v) is 5.46. The van der Waals surface area contributed by atoms with E-state index < -0.39 is 5.82 Å². The Balaban J connectivity index is 1.78. The Labute approximate surface area is 173 Å². The highest BCUT2D eigenvalue weighted by atomic mass is 35.5. The molecule has 0 spiro atoms. The van der Waals surface area contributed by atoms with E-state index in [2.05, 4.69) is 33.2 Å². The van der Waals surface area contributed by atoms with Gasteiger partial charge < -0.3 is 20.9 Å². The van der Waals surface area contributed by atoms with Crippen molar-refractivity contribution in [2.45, 2.75) is 0 Å². The van der Waals surface area contributed by atoms with Crippen molar-refractivity contribution in [3.8, 4) is 6.07 Å². The number of benzene rings is 2. The summed E-state index contributed by atoms with van der Waals surface area (Å²) in [5.74, 6) is -0.502. The number of nitrogens with two attached hydrogens (primary N) is 1. The Morgan fingerprint density at radius 2 is 1.97 bits per heavy atom. The highest BCUT2D eigenvalue weighted by Gasteiger charge is 2.19. The molecule has 1 aliphatic rings. The van der Waals surface area contributed by atoms with Crippen LogP contribution in [-0.4, -0.2) is 43.1 Å². The van der Waals surface area contributed by atoms with Gasteiger partial charge in [-0.25, -0.2) is 4.39 Å². The molecule has 8 heteroatoms. The number of nitrogens with zero attached hydrogens (tertiary/aromatic N) is 4. The van der Waals surface area contributed by atoms with Gasteiger partial charge in [0.15, 0.2) is 0 Å². The molecule has 6 nitrogen and oxygen atoms in total. The zero-order chi connectivity index (χ0) is 20.5. The van der Waals surface area contributed by atoms with Crippen LogP contribution in [0.1, 0.15) is 5.56 Å². The second-order valence-corrected chi connectivity index (χ2v) is 7.54. The smallest absolute Gasteiger partial charge is 0.141 e. The third kappa shape index (κ3) is 3.77. The van der Waals surface area contributed by atoms with Crippen LogP contribution in [0.25, 0.3) is 10.9 Å². The first-order valence-electron chi connectivity index (χ1n) is 9.24. The summed E-state index contributed by atoms with van der Waals surface area (Å²) in [7, 11) is 2.10. The number of halogens is 2. The lowest BCUT2D eigenvalue weighted by Crippen LogP contribution is -2.44. The summed E-state index contributed by atoms with van der Waals surface area (Å²) < 4.78 is 13.5. The SMILES string of the molecule is CN1CCN(c2cc3ncc(C#N)c(Nc4ccc(F)c(Cl)c4)c3cc2N)CC1. The van der Waals surface area contributed by atoms with Gasteiger partial charge in [0.2, 0.25) is 0 Å². The number of nitrogens with one attached hydrogen (secondary N) is 1. The van der Waals surface area contributed by atoms with Crippen LogP contribution < -0.4 is 16.0 Å². The van der Waals surface area contributed by atoms with Crippen LogP contribution in [0.15, 0.2) is 36.5 Å². The van der Waals surface area contributed by atoms with Crippen LogP contribution in [0.2, 0.25) is 5.02 Å². The van der Waals surface area contributed by atoms with Crippen LogP contribution in [-0.2, 0) is 0 Å². The van der Waals surface area contributed by atoms with E-state index >= 15 is 0 Å². The van der Waals surface area contributed by atoms with Crippen LogP contribution >= 0.6 is 11.6 Å². The van der Waals surface area contributed by atoms with E-state index in [9.17, 15) is 9.65 Å². The molecular formula is C21H20ClFN6. The third-order valence-electron chi connectivity index (χ3n) is 5.17. The molecule has 148 valence electrons. The largest absolute Gasteiger partial charge is 0.397 e. The van der Waals surface area contributed by atoms with E-state index in [1.807, 2.05) is 12.1 Å². The highest BCUT2D eigenvalue weighted by Crippen LogP contribution is 2.35. The summed E-state index contributed by atoms with van der Waals surface area (Å²) in [6.07, 6.45) is 1.53. The molecule has 0 bridgehead atoms. The summed E-state index contributed by atoms with van der Waals surface area (Å²) in [6.45, 7) is 3.72. The van der Waals surface area contributed by atoms with E-state index in [0.717, 1.165) is 42.8 Å². The quantitative estimate of drug-likeness (QED) is 0.636. The first kappa shape index (κ1) is 19.2. The van der Waals surface area contributed by atoms with Gasteiger partial charge in [-0.1, -0.05) is 11.6 Å². The van der Waals surface area contributed by atoms with Crippen LogP contribution in [0.5, 0.6) is 0 Å². The first-order valence-corrected chi connectivity index (χ1v) is 9.62. The lowest BCUT2D eigenvalue weighted by Gasteiger charge is -2.34. The Kier molecular flexibility index (Phi) is 5.14. The summed E-state index contributed by atoms with van der Waals surface area (Å²) >= 11 is 5.89. The Hall–Kier alpha value is -3.08. The number of hydrogen-bond donors (Lipinski definition) is 2. The highest BCUT2D eigenvalue weighted by molar-refractivity contribution is 6.31. The minimum Gasteiger partial charge on any atom is -0.397 e. The van der Waals surface area contributed by atoms with Gasteiger partial charge in [0.1, 0.15) is 11.9 Å². The van der Waals surface area contributed by atoms with Crippen molar-refractivity contribution in [2.24, 2.45) is 0 Å². The average Bonchev–Trinajstić information content (AvgIpc) is 2.71. The second kappa shape index (κ2) is 7.74. The van der Waals surface area contributed by atoms with Crippen molar-refractivity contribution in [1.82, 2.24) is 9.88 Å². The fraction of sp³-hybridized carbons (Fsp3) is 0.238. The molecule has 0 radical (unpaired) electrons. The minimum atomic E-state index is -0.502. The van der Waals surface area contributed by atoms with Gasteiger partial charge in [0.05, 0.1) is 33.2 Å². The van der Waals surface area contributed by atoms with Crippen LogP contribution in [0.3, 0.4) is 0 Å². The standard InChI is InChI=1S/C21H20ClFN6/c1-28-4-6-29(7-5-28)20-10-19-15(9-18(20)25)21(13(11-24)12-26-19)27-14-2-3-17(23)16(22)8-14/h2-3,8-10,12H,4-7,25H2,1H3,(H,26,27). The van der Waals surface area contributed by atoms with Crippen molar-refractivity contribution < 1.29 is 4.39 Å². The number of anilines is 4. The van der Waals surface area contributed by atoms with Crippen molar-refractivity contribution in [3.63, 3.8) is 0 Å². The molecule has 0 unspecified atom stereocenters. The maximum absolute atomic E-state index is 13.5. The van der Waals surface area contributed by atoms with Gasteiger partial charge in [0.25, 0.3) is 0 Å². The Morgan fingerprint density at radius 1 is 1.21 bits per heavy atom. The fourth-order valence-corrected chi connectivity index (χ4v) is 3.68. The summed E-state index contributed by atoms with van der Waals surface area (Å²) in [5.41, 5.74) is 10.2. The summed E-state index contributed by atoms with van der Waals surface area (Å²) in [4.78, 5) is 8.99. The number of fused-ring (bicyclic) bond motifs is 1. The number of nitriles is 1. The maximum Gasteiger partial charge on any atom is 0.141 e. The molecule has 2 heterocycles. The average molecular weight is 411 g/mol. The summed E-state index contributed by atoms with van der Waals surface area (Å²) in [5, 5.41) is 13.4. The van der Waals surface area contributed by atoms with E-state index in [1.165, 1.54) is 18.3 Å². The predicted molar refractivity (Wildman–Crippen MR) is 115 cm³/mol. The number of likely N-dealkylation sites (N-methyl/N-ethyl adjacent to an activating group) is 1. The van der Waals surface area contributed by atoms with Crippen molar-refractivity contribution in [2.75, 3.05) is 49.2 Å². The van der Waals surface area contributed by atoms with Crippen molar-refractivity contribution in [3.05, 3.63) is 52.9 Å². The molecule has 0 aliphatic carbocycles. The number of piperazine rings is 1. The number of rotatable bonds is 3. The molecule has 3 N–H and O–H groups in total. The zero-order valence-electron chi connectivity index (χ0n) is 15.9. The number of nitrogen functional groups attached to an aromatic ring is 1. The molecule has 2 aromatic carbocycles. The van der Waals surface area contributed by atoms with Gasteiger partial charge in [-0.2, -0.15) is 5.26 Å². The number of pyridine rings is 1. The van der Waals surface area contributed by atoms with E-state index in [4.69, 9.17) is 17.3 Å². The molecule has 3 aromatic rings. The summed E-state index contributed by atoms with van der Waals surface area (Å²) in [6, 6.07) is 10.3. The van der Waals surface area contributed by atoms with Gasteiger partial charge in [-0.15, -0.1) is 0 Å². The normalized spacial score (nSPS) is 14.8. The molecule has 1 aromatic heterocycles. The lowest BCUT2D eigenvalue weighted by atomic mass is 10.1. The Bertz CT molecular complexity index is 1120. The molecule has 1 fully saturated rings. The van der Waals surface area contributed by atoms with Crippen molar-refractivity contribution in [1.29, 1.82) is 5.26 Å². The topological polar surface area (TPSA) is 81.2 Å². The molecule has 4 rings (SSSR count). The van der Waals surface area contributed by atoms with Crippen LogP contribution in [0.4, 0.5) is 27.1 Å². The van der Waals surface area contributed by atoms with Gasteiger partial charge in [-0.3, -0.25) is 4.98 Å². The molecule has 1 aliphatic heterocycles. The monoisotopic (exact) mass is 410 g/mol. The lowest BCUT2D eigenvalue weighted by molar-refractivity contribution is 0.313. The number of hydrogen-bond acceptors (Lipinski definition) is 6. The molecule has 0 amide bonds. The van der Waals surface area contributed by atoms with E-state index in [0.29, 0.717) is 22.6 Å². The van der Waals surface area contributed by atoms with Gasteiger partial charge >= 0.3 is 0 Å². The zero-order valence-corrected chi connectivity index (χ0v) is 16.7.